The minimum atomic E-state index is -0.634. The molecule has 0 unspecified atom stereocenters. The standard InChI is InChI=1S/C12H16O3/c1-12(11-5-3-2-4-6-11)14-9-7-13-8-10-15-12/h2-6H,7-10H2,1H3. The third-order valence-corrected chi connectivity index (χ3v) is 2.51. The van der Waals surface area contributed by atoms with E-state index in [1.807, 2.05) is 37.3 Å². The maximum absolute atomic E-state index is 5.71. The summed E-state index contributed by atoms with van der Waals surface area (Å²) in [6.07, 6.45) is 0. The van der Waals surface area contributed by atoms with Crippen LogP contribution in [0, 0.1) is 0 Å². The van der Waals surface area contributed by atoms with Crippen molar-refractivity contribution in [1.29, 1.82) is 0 Å². The van der Waals surface area contributed by atoms with Crippen molar-refractivity contribution < 1.29 is 14.2 Å². The Labute approximate surface area is 90.0 Å². The molecule has 1 fully saturated rings. The van der Waals surface area contributed by atoms with Gasteiger partial charge in [0, 0.05) is 5.56 Å². The Balaban J connectivity index is 2.15. The second kappa shape index (κ2) is 4.75. The zero-order valence-electron chi connectivity index (χ0n) is 8.94. The van der Waals surface area contributed by atoms with Crippen molar-refractivity contribution in [3.8, 4) is 0 Å². The molecule has 1 aromatic rings. The summed E-state index contributed by atoms with van der Waals surface area (Å²) in [6, 6.07) is 10.00. The zero-order chi connectivity index (χ0) is 10.6. The summed E-state index contributed by atoms with van der Waals surface area (Å²) in [7, 11) is 0. The van der Waals surface area contributed by atoms with Crippen LogP contribution in [0.3, 0.4) is 0 Å². The predicted molar refractivity (Wildman–Crippen MR) is 56.5 cm³/mol. The Kier molecular flexibility index (Phi) is 3.36. The molecule has 1 saturated heterocycles. The van der Waals surface area contributed by atoms with Gasteiger partial charge in [-0.2, -0.15) is 0 Å². The molecule has 15 heavy (non-hydrogen) atoms. The Morgan fingerprint density at radius 3 is 2.13 bits per heavy atom. The van der Waals surface area contributed by atoms with Gasteiger partial charge < -0.3 is 14.2 Å². The molecular weight excluding hydrogens is 192 g/mol. The lowest BCUT2D eigenvalue weighted by atomic mass is 10.1. The van der Waals surface area contributed by atoms with Crippen LogP contribution in [-0.2, 0) is 20.0 Å². The van der Waals surface area contributed by atoms with Gasteiger partial charge in [0.05, 0.1) is 26.4 Å². The van der Waals surface area contributed by atoms with E-state index in [-0.39, 0.29) is 0 Å². The van der Waals surface area contributed by atoms with E-state index in [0.29, 0.717) is 26.4 Å². The lowest BCUT2D eigenvalue weighted by Crippen LogP contribution is -2.34. The van der Waals surface area contributed by atoms with Crippen LogP contribution >= 0.6 is 0 Å². The molecule has 3 nitrogen and oxygen atoms in total. The summed E-state index contributed by atoms with van der Waals surface area (Å²) in [5, 5.41) is 0. The normalized spacial score (nSPS) is 21.7. The van der Waals surface area contributed by atoms with E-state index in [0.717, 1.165) is 5.56 Å². The van der Waals surface area contributed by atoms with Crippen molar-refractivity contribution in [2.24, 2.45) is 0 Å². The highest BCUT2D eigenvalue weighted by atomic mass is 16.7. The summed E-state index contributed by atoms with van der Waals surface area (Å²) in [4.78, 5) is 0. The molecule has 1 heterocycles. The Morgan fingerprint density at radius 1 is 0.933 bits per heavy atom. The minimum Gasteiger partial charge on any atom is -0.377 e. The summed E-state index contributed by atoms with van der Waals surface area (Å²) >= 11 is 0. The molecule has 1 aromatic carbocycles. The monoisotopic (exact) mass is 208 g/mol. The summed E-state index contributed by atoms with van der Waals surface area (Å²) in [5.74, 6) is -0.634. The smallest absolute Gasteiger partial charge is 0.192 e. The van der Waals surface area contributed by atoms with Crippen molar-refractivity contribution >= 4 is 0 Å². The third kappa shape index (κ3) is 2.56. The van der Waals surface area contributed by atoms with E-state index in [1.165, 1.54) is 0 Å². The maximum atomic E-state index is 5.71. The number of hydrogen-bond donors (Lipinski definition) is 0. The lowest BCUT2D eigenvalue weighted by Gasteiger charge is -2.32. The molecule has 1 aliphatic heterocycles. The van der Waals surface area contributed by atoms with E-state index in [2.05, 4.69) is 0 Å². The van der Waals surface area contributed by atoms with Crippen LogP contribution in [0.2, 0.25) is 0 Å². The maximum Gasteiger partial charge on any atom is 0.192 e. The lowest BCUT2D eigenvalue weighted by molar-refractivity contribution is -0.257. The molecule has 2 rings (SSSR count). The molecular formula is C12H16O3. The Hall–Kier alpha value is -0.900. The van der Waals surface area contributed by atoms with E-state index in [9.17, 15) is 0 Å². The first-order valence-electron chi connectivity index (χ1n) is 5.22. The average Bonchev–Trinajstić information content (AvgIpc) is 2.25. The molecule has 1 aliphatic rings. The van der Waals surface area contributed by atoms with Crippen LogP contribution in [0.1, 0.15) is 12.5 Å². The van der Waals surface area contributed by atoms with Gasteiger partial charge in [-0.1, -0.05) is 30.3 Å². The van der Waals surface area contributed by atoms with Crippen molar-refractivity contribution in [3.05, 3.63) is 35.9 Å². The number of hydrogen-bond acceptors (Lipinski definition) is 3. The summed E-state index contributed by atoms with van der Waals surface area (Å²) < 4.78 is 16.7. The van der Waals surface area contributed by atoms with Gasteiger partial charge in [-0.05, 0) is 6.92 Å². The predicted octanol–water partition coefficient (Wildman–Crippen LogP) is 1.92. The number of rotatable bonds is 1. The first-order valence-corrected chi connectivity index (χ1v) is 5.22. The SMILES string of the molecule is CC1(c2ccccc2)OCCOCCO1. The van der Waals surface area contributed by atoms with Gasteiger partial charge in [-0.3, -0.25) is 0 Å². The van der Waals surface area contributed by atoms with Crippen LogP contribution in [0.15, 0.2) is 30.3 Å². The molecule has 0 aromatic heterocycles. The molecule has 3 heteroatoms. The first kappa shape index (κ1) is 10.6. The minimum absolute atomic E-state index is 0.561. The van der Waals surface area contributed by atoms with Gasteiger partial charge >= 0.3 is 0 Å². The van der Waals surface area contributed by atoms with Gasteiger partial charge in [0.1, 0.15) is 0 Å². The molecule has 0 N–H and O–H groups in total. The Morgan fingerprint density at radius 2 is 1.53 bits per heavy atom. The van der Waals surface area contributed by atoms with E-state index in [4.69, 9.17) is 14.2 Å². The first-order chi connectivity index (χ1) is 7.31. The summed E-state index contributed by atoms with van der Waals surface area (Å²) in [6.45, 7) is 4.34. The second-order valence-electron chi connectivity index (χ2n) is 3.62. The molecule has 0 bridgehead atoms. The van der Waals surface area contributed by atoms with Crippen LogP contribution in [0.4, 0.5) is 0 Å². The van der Waals surface area contributed by atoms with Crippen molar-refractivity contribution in [1.82, 2.24) is 0 Å². The van der Waals surface area contributed by atoms with Gasteiger partial charge in [0.25, 0.3) is 0 Å². The zero-order valence-corrected chi connectivity index (χ0v) is 8.94. The fourth-order valence-electron chi connectivity index (χ4n) is 1.64. The molecule has 0 radical (unpaired) electrons. The highest BCUT2D eigenvalue weighted by Gasteiger charge is 2.29. The summed E-state index contributed by atoms with van der Waals surface area (Å²) in [5.41, 5.74) is 1.05. The second-order valence-corrected chi connectivity index (χ2v) is 3.62. The van der Waals surface area contributed by atoms with Crippen molar-refractivity contribution in [2.45, 2.75) is 12.7 Å². The van der Waals surface area contributed by atoms with Crippen LogP contribution in [0.5, 0.6) is 0 Å². The molecule has 0 spiro atoms. The molecule has 0 amide bonds. The topological polar surface area (TPSA) is 27.7 Å². The van der Waals surface area contributed by atoms with Crippen molar-refractivity contribution in [2.75, 3.05) is 26.4 Å². The fraction of sp³-hybridized carbons (Fsp3) is 0.500. The molecule has 0 aliphatic carbocycles. The van der Waals surface area contributed by atoms with E-state index >= 15 is 0 Å². The third-order valence-electron chi connectivity index (χ3n) is 2.51. The highest BCUT2D eigenvalue weighted by Crippen LogP contribution is 2.27. The fourth-order valence-corrected chi connectivity index (χ4v) is 1.64. The molecule has 82 valence electrons. The average molecular weight is 208 g/mol. The Bertz CT molecular complexity index is 289. The van der Waals surface area contributed by atoms with E-state index < -0.39 is 5.79 Å². The van der Waals surface area contributed by atoms with Crippen LogP contribution < -0.4 is 0 Å². The van der Waals surface area contributed by atoms with Gasteiger partial charge in [-0.15, -0.1) is 0 Å². The largest absolute Gasteiger partial charge is 0.377 e. The van der Waals surface area contributed by atoms with Gasteiger partial charge in [-0.25, -0.2) is 0 Å². The molecule has 0 saturated carbocycles. The number of benzene rings is 1. The van der Waals surface area contributed by atoms with Gasteiger partial charge in [0.15, 0.2) is 5.79 Å². The quantitative estimate of drug-likeness (QED) is 0.705. The molecule has 0 atom stereocenters. The van der Waals surface area contributed by atoms with Crippen LogP contribution in [-0.4, -0.2) is 26.4 Å². The van der Waals surface area contributed by atoms with Crippen molar-refractivity contribution in [3.63, 3.8) is 0 Å². The van der Waals surface area contributed by atoms with E-state index in [1.54, 1.807) is 0 Å². The van der Waals surface area contributed by atoms with Crippen LogP contribution in [0.25, 0.3) is 0 Å². The number of ether oxygens (including phenoxy) is 3. The van der Waals surface area contributed by atoms with Gasteiger partial charge in [0.2, 0.25) is 0 Å². The highest BCUT2D eigenvalue weighted by molar-refractivity contribution is 5.19.